The van der Waals surface area contributed by atoms with E-state index in [1.54, 1.807) is 20.9 Å². The maximum Gasteiger partial charge on any atom is 0.330 e. The molecule has 8 heteroatoms. The molecule has 21 heavy (non-hydrogen) atoms. The van der Waals surface area contributed by atoms with E-state index in [2.05, 4.69) is 20.3 Å². The molecule has 0 aliphatic carbocycles. The zero-order valence-corrected chi connectivity index (χ0v) is 11.7. The number of nitrogens with zero attached hydrogens (tertiary/aromatic N) is 3. The minimum absolute atomic E-state index is 0.0242. The summed E-state index contributed by atoms with van der Waals surface area (Å²) < 4.78 is 37.1. The van der Waals surface area contributed by atoms with Crippen LogP contribution >= 0.6 is 0 Å². The van der Waals surface area contributed by atoms with Crippen molar-refractivity contribution in [3.8, 4) is 17.8 Å². The summed E-state index contributed by atoms with van der Waals surface area (Å²) in [6.07, 6.45) is -0.157. The van der Waals surface area contributed by atoms with Gasteiger partial charge in [0.1, 0.15) is 5.82 Å². The van der Waals surface area contributed by atoms with E-state index in [4.69, 9.17) is 9.47 Å². The first-order valence-corrected chi connectivity index (χ1v) is 6.21. The van der Waals surface area contributed by atoms with Crippen molar-refractivity contribution in [1.29, 1.82) is 0 Å². The van der Waals surface area contributed by atoms with Gasteiger partial charge >= 0.3 is 12.0 Å². The zero-order chi connectivity index (χ0) is 15.4. The van der Waals surface area contributed by atoms with Crippen molar-refractivity contribution in [2.75, 3.05) is 12.4 Å². The van der Waals surface area contributed by atoms with Crippen molar-refractivity contribution in [2.45, 2.75) is 20.0 Å². The van der Waals surface area contributed by atoms with Gasteiger partial charge in [0.2, 0.25) is 5.95 Å². The van der Waals surface area contributed by atoms with Crippen LogP contribution in [0.4, 0.5) is 14.7 Å². The van der Waals surface area contributed by atoms with Gasteiger partial charge in [0.25, 0.3) is 0 Å². The lowest BCUT2D eigenvalue weighted by Gasteiger charge is -2.10. The van der Waals surface area contributed by atoms with Crippen LogP contribution in [0.15, 0.2) is 18.2 Å². The molecule has 1 N–H and O–H groups in total. The van der Waals surface area contributed by atoms with E-state index in [0.717, 1.165) is 18.2 Å². The van der Waals surface area contributed by atoms with Crippen LogP contribution in [-0.2, 0) is 0 Å². The Morgan fingerprint density at radius 2 is 1.81 bits per heavy atom. The van der Waals surface area contributed by atoms with Crippen molar-refractivity contribution < 1.29 is 18.3 Å². The van der Waals surface area contributed by atoms with Crippen LogP contribution in [0.2, 0.25) is 0 Å². The molecule has 0 radical (unpaired) electrons. The number of rotatable bonds is 5. The van der Waals surface area contributed by atoms with E-state index in [9.17, 15) is 8.78 Å². The highest BCUT2D eigenvalue weighted by Crippen LogP contribution is 2.24. The summed E-state index contributed by atoms with van der Waals surface area (Å²) in [5.41, 5.74) is 0. The number of ether oxygens (including phenoxy) is 2. The van der Waals surface area contributed by atoms with Crippen LogP contribution in [0.1, 0.15) is 13.8 Å². The third-order valence-corrected chi connectivity index (χ3v) is 2.25. The Hall–Kier alpha value is -2.51. The number of halogens is 2. The molecule has 1 heterocycles. The molecule has 0 saturated carbocycles. The SMILES string of the molecule is CNc1nc(Oc2cc(F)ccc2F)nc(OC(C)C)n1. The standard InChI is InChI=1S/C13H14F2N4O2/c1-7(2)20-12-17-11(16-3)18-13(19-12)21-10-6-8(14)4-5-9(10)15/h4-7H,1-3H3,(H,16,17,18,19). The Morgan fingerprint density at radius 3 is 2.48 bits per heavy atom. The summed E-state index contributed by atoms with van der Waals surface area (Å²) in [5, 5.41) is 2.70. The Kier molecular flexibility index (Phi) is 4.46. The van der Waals surface area contributed by atoms with Gasteiger partial charge in [0.05, 0.1) is 6.10 Å². The molecular formula is C13H14F2N4O2. The van der Waals surface area contributed by atoms with Crippen LogP contribution in [0.5, 0.6) is 17.8 Å². The largest absolute Gasteiger partial charge is 0.461 e. The Bertz CT molecular complexity index is 638. The second-order valence-corrected chi connectivity index (χ2v) is 4.32. The fraction of sp³-hybridized carbons (Fsp3) is 0.308. The van der Waals surface area contributed by atoms with Gasteiger partial charge in [-0.3, -0.25) is 0 Å². The first-order valence-electron chi connectivity index (χ1n) is 6.21. The molecule has 1 aromatic carbocycles. The molecule has 112 valence electrons. The second kappa shape index (κ2) is 6.29. The summed E-state index contributed by atoms with van der Waals surface area (Å²) >= 11 is 0. The van der Waals surface area contributed by atoms with Gasteiger partial charge in [-0.15, -0.1) is 4.98 Å². The van der Waals surface area contributed by atoms with E-state index in [1.165, 1.54) is 0 Å². The lowest BCUT2D eigenvalue weighted by Crippen LogP contribution is -2.11. The number of aromatic nitrogens is 3. The molecule has 0 amide bonds. The molecule has 0 atom stereocenters. The summed E-state index contributed by atoms with van der Waals surface area (Å²) in [5.74, 6) is -1.49. The van der Waals surface area contributed by atoms with Gasteiger partial charge in [-0.25, -0.2) is 8.78 Å². The van der Waals surface area contributed by atoms with Crippen molar-refractivity contribution in [2.24, 2.45) is 0 Å². The Balaban J connectivity index is 2.32. The fourth-order valence-corrected chi connectivity index (χ4v) is 1.41. The minimum atomic E-state index is -0.728. The molecule has 2 aromatic rings. The topological polar surface area (TPSA) is 69.2 Å². The van der Waals surface area contributed by atoms with Crippen molar-refractivity contribution >= 4 is 5.95 Å². The fourth-order valence-electron chi connectivity index (χ4n) is 1.41. The van der Waals surface area contributed by atoms with Gasteiger partial charge in [-0.1, -0.05) is 0 Å². The van der Waals surface area contributed by atoms with Gasteiger partial charge < -0.3 is 14.8 Å². The molecule has 0 aliphatic heterocycles. The van der Waals surface area contributed by atoms with Gasteiger partial charge in [-0.2, -0.15) is 9.97 Å². The third-order valence-electron chi connectivity index (χ3n) is 2.25. The van der Waals surface area contributed by atoms with Gasteiger partial charge in [0.15, 0.2) is 11.6 Å². The minimum Gasteiger partial charge on any atom is -0.461 e. The van der Waals surface area contributed by atoms with Crippen LogP contribution in [0, 0.1) is 11.6 Å². The van der Waals surface area contributed by atoms with E-state index in [-0.39, 0.29) is 29.8 Å². The molecule has 0 unspecified atom stereocenters. The van der Waals surface area contributed by atoms with Gasteiger partial charge in [0, 0.05) is 13.1 Å². The maximum atomic E-state index is 13.5. The molecule has 0 aliphatic rings. The number of benzene rings is 1. The first kappa shape index (κ1) is 14.9. The lowest BCUT2D eigenvalue weighted by atomic mass is 10.3. The highest BCUT2D eigenvalue weighted by molar-refractivity contribution is 5.31. The molecule has 0 spiro atoms. The molecule has 0 fully saturated rings. The third kappa shape index (κ3) is 3.98. The van der Waals surface area contributed by atoms with E-state index < -0.39 is 11.6 Å². The highest BCUT2D eigenvalue weighted by atomic mass is 19.1. The van der Waals surface area contributed by atoms with Crippen LogP contribution in [0.3, 0.4) is 0 Å². The average molecular weight is 296 g/mol. The molecule has 1 aromatic heterocycles. The van der Waals surface area contributed by atoms with Crippen LogP contribution in [0.25, 0.3) is 0 Å². The number of hydrogen-bond donors (Lipinski definition) is 1. The monoisotopic (exact) mass is 296 g/mol. The highest BCUT2D eigenvalue weighted by Gasteiger charge is 2.13. The predicted octanol–water partition coefficient (Wildman–Crippen LogP) is 2.77. The van der Waals surface area contributed by atoms with Crippen LogP contribution < -0.4 is 14.8 Å². The van der Waals surface area contributed by atoms with Crippen molar-refractivity contribution in [1.82, 2.24) is 15.0 Å². The van der Waals surface area contributed by atoms with Crippen molar-refractivity contribution in [3.05, 3.63) is 29.8 Å². The zero-order valence-electron chi connectivity index (χ0n) is 11.7. The summed E-state index contributed by atoms with van der Waals surface area (Å²) in [4.78, 5) is 11.8. The second-order valence-electron chi connectivity index (χ2n) is 4.32. The summed E-state index contributed by atoms with van der Waals surface area (Å²) in [6.45, 7) is 3.60. The molecular weight excluding hydrogens is 282 g/mol. The Morgan fingerprint density at radius 1 is 1.10 bits per heavy atom. The number of anilines is 1. The summed E-state index contributed by atoms with van der Waals surface area (Å²) in [6, 6.07) is 2.67. The predicted molar refractivity (Wildman–Crippen MR) is 71.6 cm³/mol. The van der Waals surface area contributed by atoms with Crippen LogP contribution in [-0.4, -0.2) is 28.1 Å². The van der Waals surface area contributed by atoms with E-state index in [1.807, 2.05) is 0 Å². The Labute approximate surface area is 120 Å². The van der Waals surface area contributed by atoms with Gasteiger partial charge in [-0.05, 0) is 26.0 Å². The smallest absolute Gasteiger partial charge is 0.330 e. The number of nitrogens with one attached hydrogen (secondary N) is 1. The molecule has 6 nitrogen and oxygen atoms in total. The van der Waals surface area contributed by atoms with E-state index in [0.29, 0.717) is 0 Å². The summed E-state index contributed by atoms with van der Waals surface area (Å²) in [7, 11) is 1.60. The average Bonchev–Trinajstić information content (AvgIpc) is 2.42. The normalized spacial score (nSPS) is 10.6. The molecule has 2 rings (SSSR count). The number of hydrogen-bond acceptors (Lipinski definition) is 6. The van der Waals surface area contributed by atoms with Crippen molar-refractivity contribution in [3.63, 3.8) is 0 Å². The first-order chi connectivity index (χ1) is 9.97. The lowest BCUT2D eigenvalue weighted by molar-refractivity contribution is 0.218. The quantitative estimate of drug-likeness (QED) is 0.915. The van der Waals surface area contributed by atoms with E-state index >= 15 is 0 Å². The maximum absolute atomic E-state index is 13.5. The molecule has 0 bridgehead atoms. The molecule has 0 saturated heterocycles.